The number of anilines is 2. The molecule has 7 heteroatoms. The molecule has 2 heterocycles. The van der Waals surface area contributed by atoms with Gasteiger partial charge in [0.1, 0.15) is 11.6 Å². The van der Waals surface area contributed by atoms with Crippen LogP contribution in [0.1, 0.15) is 0 Å². The maximum atomic E-state index is 13.7. The Morgan fingerprint density at radius 1 is 1.00 bits per heavy atom. The van der Waals surface area contributed by atoms with Crippen LogP contribution in [-0.2, 0) is 0 Å². The minimum atomic E-state index is -0.490. The van der Waals surface area contributed by atoms with Gasteiger partial charge in [0.15, 0.2) is 0 Å². The fourth-order valence-electron chi connectivity index (χ4n) is 2.77. The van der Waals surface area contributed by atoms with E-state index in [-0.39, 0.29) is 16.9 Å². The number of ether oxygens (including phenoxy) is 1. The van der Waals surface area contributed by atoms with Crippen LogP contribution in [0.2, 0.25) is 0 Å². The lowest BCUT2D eigenvalue weighted by atomic mass is 10.2. The van der Waals surface area contributed by atoms with Gasteiger partial charge in [0.2, 0.25) is 11.8 Å². The first kappa shape index (κ1) is 16.7. The molecule has 0 saturated heterocycles. The monoisotopic (exact) mass is 362 g/mol. The van der Waals surface area contributed by atoms with Crippen LogP contribution in [-0.4, -0.2) is 21.6 Å². The predicted octanol–water partition coefficient (Wildman–Crippen LogP) is 3.67. The predicted molar refractivity (Wildman–Crippen MR) is 101 cm³/mol. The molecule has 4 aromatic rings. The molecule has 0 aliphatic heterocycles. The molecule has 0 aliphatic carbocycles. The van der Waals surface area contributed by atoms with Crippen LogP contribution in [0.3, 0.4) is 0 Å². The van der Waals surface area contributed by atoms with E-state index < -0.39 is 5.82 Å². The summed E-state index contributed by atoms with van der Waals surface area (Å²) in [4.78, 5) is 21.9. The SMILES string of the molecule is COc1cccc(Nc2nc3ccc(F)cc3c(=O)n2-c2ccccc2)n1. The smallest absolute Gasteiger partial charge is 0.267 e. The van der Waals surface area contributed by atoms with Crippen molar-refractivity contribution in [3.8, 4) is 11.6 Å². The second-order valence-corrected chi connectivity index (χ2v) is 5.76. The number of hydrogen-bond donors (Lipinski definition) is 1. The molecule has 0 bridgehead atoms. The Labute approximate surface area is 153 Å². The molecule has 2 aromatic carbocycles. The summed E-state index contributed by atoms with van der Waals surface area (Å²) < 4.78 is 20.2. The van der Waals surface area contributed by atoms with Crippen molar-refractivity contribution in [1.82, 2.24) is 14.5 Å². The zero-order chi connectivity index (χ0) is 18.8. The summed E-state index contributed by atoms with van der Waals surface area (Å²) in [6.45, 7) is 0. The summed E-state index contributed by atoms with van der Waals surface area (Å²) in [5, 5.41) is 3.26. The van der Waals surface area contributed by atoms with Crippen molar-refractivity contribution in [3.05, 3.63) is 82.9 Å². The van der Waals surface area contributed by atoms with Gasteiger partial charge >= 0.3 is 0 Å². The Morgan fingerprint density at radius 2 is 1.81 bits per heavy atom. The molecular weight excluding hydrogens is 347 g/mol. The van der Waals surface area contributed by atoms with Gasteiger partial charge < -0.3 is 10.1 Å². The molecule has 0 unspecified atom stereocenters. The number of aromatic nitrogens is 3. The normalized spacial score (nSPS) is 10.7. The third-order valence-corrected chi connectivity index (χ3v) is 4.02. The molecule has 1 N–H and O–H groups in total. The number of nitrogens with zero attached hydrogens (tertiary/aromatic N) is 3. The fourth-order valence-corrected chi connectivity index (χ4v) is 2.77. The maximum Gasteiger partial charge on any atom is 0.267 e. The summed E-state index contributed by atoms with van der Waals surface area (Å²) >= 11 is 0. The van der Waals surface area contributed by atoms with Crippen LogP contribution in [0.4, 0.5) is 16.2 Å². The molecule has 0 amide bonds. The summed E-state index contributed by atoms with van der Waals surface area (Å²) in [5.74, 6) is 0.672. The number of fused-ring (bicyclic) bond motifs is 1. The molecule has 2 aromatic heterocycles. The van der Waals surface area contributed by atoms with Crippen molar-refractivity contribution < 1.29 is 9.13 Å². The minimum absolute atomic E-state index is 0.197. The molecule has 0 radical (unpaired) electrons. The van der Waals surface area contributed by atoms with Gasteiger partial charge in [-0.2, -0.15) is 4.98 Å². The van der Waals surface area contributed by atoms with Gasteiger partial charge in [-0.25, -0.2) is 13.9 Å². The number of pyridine rings is 1. The van der Waals surface area contributed by atoms with Crippen LogP contribution >= 0.6 is 0 Å². The third kappa shape index (κ3) is 3.22. The summed E-state index contributed by atoms with van der Waals surface area (Å²) in [6, 6.07) is 18.2. The molecule has 134 valence electrons. The average Bonchev–Trinajstić information content (AvgIpc) is 2.70. The molecule has 0 aliphatic rings. The van der Waals surface area contributed by atoms with Gasteiger partial charge in [-0.3, -0.25) is 4.79 Å². The molecule has 6 nitrogen and oxygen atoms in total. The number of hydrogen-bond acceptors (Lipinski definition) is 5. The van der Waals surface area contributed by atoms with Gasteiger partial charge in [0.25, 0.3) is 5.56 Å². The Bertz CT molecular complexity index is 1180. The first-order valence-electron chi connectivity index (χ1n) is 8.21. The Balaban J connectivity index is 1.95. The van der Waals surface area contributed by atoms with Crippen molar-refractivity contribution in [2.45, 2.75) is 0 Å². The first-order chi connectivity index (χ1) is 13.2. The maximum absolute atomic E-state index is 13.7. The van der Waals surface area contributed by atoms with E-state index in [4.69, 9.17) is 4.74 Å². The van der Waals surface area contributed by atoms with E-state index in [2.05, 4.69) is 15.3 Å². The van der Waals surface area contributed by atoms with Crippen LogP contribution in [0, 0.1) is 5.82 Å². The number of methoxy groups -OCH3 is 1. The van der Waals surface area contributed by atoms with Gasteiger partial charge in [0.05, 0.1) is 23.7 Å². The summed E-state index contributed by atoms with van der Waals surface area (Å²) in [6.07, 6.45) is 0. The first-order valence-corrected chi connectivity index (χ1v) is 8.21. The zero-order valence-electron chi connectivity index (χ0n) is 14.4. The highest BCUT2D eigenvalue weighted by Crippen LogP contribution is 2.21. The molecule has 4 rings (SSSR count). The van der Waals surface area contributed by atoms with E-state index in [0.717, 1.165) is 0 Å². The highest BCUT2D eigenvalue weighted by molar-refractivity contribution is 5.80. The van der Waals surface area contributed by atoms with Crippen molar-refractivity contribution in [2.75, 3.05) is 12.4 Å². The van der Waals surface area contributed by atoms with Crippen molar-refractivity contribution in [2.24, 2.45) is 0 Å². The van der Waals surface area contributed by atoms with Crippen LogP contribution in [0.5, 0.6) is 5.88 Å². The van der Waals surface area contributed by atoms with E-state index in [1.165, 1.54) is 29.9 Å². The third-order valence-electron chi connectivity index (χ3n) is 4.02. The van der Waals surface area contributed by atoms with Gasteiger partial charge in [-0.1, -0.05) is 24.3 Å². The molecule has 0 atom stereocenters. The lowest BCUT2D eigenvalue weighted by Crippen LogP contribution is -2.23. The second-order valence-electron chi connectivity index (χ2n) is 5.76. The van der Waals surface area contributed by atoms with E-state index in [9.17, 15) is 9.18 Å². The highest BCUT2D eigenvalue weighted by Gasteiger charge is 2.14. The topological polar surface area (TPSA) is 69.0 Å². The molecule has 0 spiro atoms. The summed E-state index contributed by atoms with van der Waals surface area (Å²) in [5.41, 5.74) is 0.613. The van der Waals surface area contributed by atoms with E-state index >= 15 is 0 Å². The number of benzene rings is 2. The molecule has 27 heavy (non-hydrogen) atoms. The number of halogens is 1. The van der Waals surface area contributed by atoms with E-state index in [0.29, 0.717) is 22.9 Å². The Kier molecular flexibility index (Phi) is 4.25. The number of nitrogens with one attached hydrogen (secondary N) is 1. The average molecular weight is 362 g/mol. The van der Waals surface area contributed by atoms with Crippen molar-refractivity contribution in [1.29, 1.82) is 0 Å². The molecule has 0 fully saturated rings. The quantitative estimate of drug-likeness (QED) is 0.600. The Hall–Kier alpha value is -3.74. The lowest BCUT2D eigenvalue weighted by molar-refractivity contribution is 0.398. The highest BCUT2D eigenvalue weighted by atomic mass is 19.1. The van der Waals surface area contributed by atoms with Gasteiger partial charge in [0, 0.05) is 6.07 Å². The largest absolute Gasteiger partial charge is 0.481 e. The Morgan fingerprint density at radius 3 is 2.59 bits per heavy atom. The van der Waals surface area contributed by atoms with Crippen LogP contribution < -0.4 is 15.6 Å². The van der Waals surface area contributed by atoms with Gasteiger partial charge in [-0.05, 0) is 36.4 Å². The zero-order valence-corrected chi connectivity index (χ0v) is 14.4. The number of rotatable bonds is 4. The van der Waals surface area contributed by atoms with Crippen LogP contribution in [0.25, 0.3) is 16.6 Å². The fraction of sp³-hybridized carbons (Fsp3) is 0.0500. The van der Waals surface area contributed by atoms with Crippen molar-refractivity contribution in [3.63, 3.8) is 0 Å². The molecular formula is C20H15FN4O2. The van der Waals surface area contributed by atoms with Crippen molar-refractivity contribution >= 4 is 22.7 Å². The molecule has 0 saturated carbocycles. The van der Waals surface area contributed by atoms with Crippen LogP contribution in [0.15, 0.2) is 71.5 Å². The standard InChI is InChI=1S/C20H15FN4O2/c1-27-18-9-5-8-17(23-18)24-20-22-16-11-10-13(21)12-15(16)19(26)25(20)14-6-3-2-4-7-14/h2-12H,1H3,(H,22,23,24). The van der Waals surface area contributed by atoms with E-state index in [1.54, 1.807) is 30.3 Å². The van der Waals surface area contributed by atoms with Gasteiger partial charge in [-0.15, -0.1) is 0 Å². The minimum Gasteiger partial charge on any atom is -0.481 e. The van der Waals surface area contributed by atoms with E-state index in [1.807, 2.05) is 18.2 Å². The summed E-state index contributed by atoms with van der Waals surface area (Å²) in [7, 11) is 1.52. The lowest BCUT2D eigenvalue weighted by Gasteiger charge is -2.15. The number of para-hydroxylation sites is 1. The second kappa shape index (κ2) is 6.87.